The highest BCUT2D eigenvalue weighted by molar-refractivity contribution is 9.11. The van der Waals surface area contributed by atoms with Gasteiger partial charge in [-0.3, -0.25) is 0 Å². The van der Waals surface area contributed by atoms with Crippen LogP contribution in [0.15, 0.2) is 106 Å². The average Bonchev–Trinajstić information content (AvgIpc) is 3.42. The molecule has 1 aromatic heterocycles. The lowest BCUT2D eigenvalue weighted by molar-refractivity contribution is 0.660. The van der Waals surface area contributed by atoms with Crippen LogP contribution in [0.4, 0.5) is 0 Å². The predicted octanol–water partition coefficient (Wildman–Crippen LogP) is 12.1. The highest BCUT2D eigenvalue weighted by atomic mass is 79.9. The fourth-order valence-electron chi connectivity index (χ4n) is 7.18. The van der Waals surface area contributed by atoms with Crippen LogP contribution in [-0.2, 0) is 10.8 Å². The summed E-state index contributed by atoms with van der Waals surface area (Å²) in [5, 5.41) is 0. The van der Waals surface area contributed by atoms with Crippen LogP contribution in [0, 0.1) is 0 Å². The molecule has 2 aliphatic carbocycles. The van der Waals surface area contributed by atoms with Crippen LogP contribution in [0.25, 0.3) is 55.8 Å². The van der Waals surface area contributed by atoms with Gasteiger partial charge < -0.3 is 0 Å². The summed E-state index contributed by atoms with van der Waals surface area (Å²) >= 11 is 7.51. The zero-order valence-electron chi connectivity index (χ0n) is 25.9. The number of aromatic nitrogens is 2. The summed E-state index contributed by atoms with van der Waals surface area (Å²) in [7, 11) is 0. The van der Waals surface area contributed by atoms with Gasteiger partial charge in [-0.2, -0.15) is 0 Å². The topological polar surface area (TPSA) is 25.8 Å². The monoisotopic (exact) mass is 700 g/mol. The smallest absolute Gasteiger partial charge is 0.105 e. The molecular weight excluding hydrogens is 668 g/mol. The number of hydrogen-bond acceptors (Lipinski definition) is 2. The van der Waals surface area contributed by atoms with Crippen molar-refractivity contribution in [3.63, 3.8) is 0 Å². The molecule has 4 heteroatoms. The number of hydrogen-bond donors (Lipinski definition) is 0. The van der Waals surface area contributed by atoms with Crippen molar-refractivity contribution in [2.45, 2.75) is 52.4 Å². The number of fused-ring (bicyclic) bond motifs is 7. The van der Waals surface area contributed by atoms with E-state index < -0.39 is 0 Å². The van der Waals surface area contributed by atoms with Crippen molar-refractivity contribution in [2.24, 2.45) is 0 Å². The minimum absolute atomic E-state index is 0.0979. The van der Waals surface area contributed by atoms with Gasteiger partial charge in [0.15, 0.2) is 0 Å². The third kappa shape index (κ3) is 4.18. The molecule has 0 fully saturated rings. The zero-order chi connectivity index (χ0) is 31.0. The largest absolute Gasteiger partial charge is 0.243 e. The fraction of sp³-hybridized carbons (Fsp3) is 0.200. The van der Waals surface area contributed by atoms with E-state index in [1.165, 1.54) is 44.5 Å². The summed E-state index contributed by atoms with van der Waals surface area (Å²) in [4.78, 5) is 10.7. The third-order valence-electron chi connectivity index (χ3n) is 9.44. The molecule has 0 atom stereocenters. The lowest BCUT2D eigenvalue weighted by atomic mass is 9.81. The van der Waals surface area contributed by atoms with Gasteiger partial charge in [-0.05, 0) is 101 Å². The summed E-state index contributed by atoms with van der Waals surface area (Å²) in [6, 6.07) is 35.3. The normalized spacial score (nSPS) is 14.7. The van der Waals surface area contributed by atoms with Gasteiger partial charge in [0, 0.05) is 30.9 Å². The number of benzene rings is 5. The minimum Gasteiger partial charge on any atom is -0.243 e. The second-order valence-corrected chi connectivity index (χ2v) is 14.2. The minimum atomic E-state index is -0.0979. The maximum absolute atomic E-state index is 5.33. The maximum Gasteiger partial charge on any atom is 0.105 e. The first-order valence-corrected chi connectivity index (χ1v) is 16.9. The Kier molecular flexibility index (Phi) is 6.95. The van der Waals surface area contributed by atoms with E-state index in [4.69, 9.17) is 9.97 Å². The highest BCUT2D eigenvalue weighted by Crippen LogP contribution is 2.52. The Hall–Kier alpha value is -3.60. The van der Waals surface area contributed by atoms with Gasteiger partial charge in [0.1, 0.15) is 11.0 Å². The van der Waals surface area contributed by atoms with Crippen molar-refractivity contribution < 1.29 is 0 Å². The molecule has 0 unspecified atom stereocenters. The average molecular weight is 703 g/mol. The van der Waals surface area contributed by atoms with Crippen LogP contribution < -0.4 is 0 Å². The summed E-state index contributed by atoms with van der Waals surface area (Å²) in [5.74, 6) is 0. The molecule has 44 heavy (non-hydrogen) atoms. The molecular formula is C40H34Br2N2. The SMILES string of the molecule is CC.CC1(C)c2ccccc2-c2ccc(-c3nc4c(Br)ccc(Br)c4nc3-c3ccc4c(c3)C(C)(C)c3ccccc3-4)cc21. The van der Waals surface area contributed by atoms with E-state index in [0.29, 0.717) is 0 Å². The van der Waals surface area contributed by atoms with Gasteiger partial charge in [-0.15, -0.1) is 0 Å². The van der Waals surface area contributed by atoms with Crippen molar-refractivity contribution in [3.8, 4) is 44.8 Å². The molecule has 0 aliphatic heterocycles. The Balaban J connectivity index is 0.00000153. The van der Waals surface area contributed by atoms with Crippen molar-refractivity contribution in [2.75, 3.05) is 0 Å². The first-order valence-electron chi connectivity index (χ1n) is 15.3. The Morgan fingerprint density at radius 2 is 0.818 bits per heavy atom. The quantitative estimate of drug-likeness (QED) is 0.180. The molecule has 8 rings (SSSR count). The molecule has 0 saturated carbocycles. The molecule has 0 bridgehead atoms. The highest BCUT2D eigenvalue weighted by Gasteiger charge is 2.37. The van der Waals surface area contributed by atoms with Gasteiger partial charge in [-0.25, -0.2) is 9.97 Å². The van der Waals surface area contributed by atoms with Crippen molar-refractivity contribution in [3.05, 3.63) is 128 Å². The van der Waals surface area contributed by atoms with Crippen LogP contribution >= 0.6 is 31.9 Å². The molecule has 1 heterocycles. The second kappa shape index (κ2) is 10.5. The molecule has 2 nitrogen and oxygen atoms in total. The number of nitrogens with zero attached hydrogens (tertiary/aromatic N) is 2. The molecule has 218 valence electrons. The van der Waals surface area contributed by atoms with E-state index in [9.17, 15) is 0 Å². The van der Waals surface area contributed by atoms with Crippen molar-refractivity contribution in [1.82, 2.24) is 9.97 Å². The molecule has 0 saturated heterocycles. The fourth-order valence-corrected chi connectivity index (χ4v) is 8.00. The molecule has 2 aliphatic rings. The van der Waals surface area contributed by atoms with Gasteiger partial charge >= 0.3 is 0 Å². The van der Waals surface area contributed by atoms with Gasteiger partial charge in [-0.1, -0.05) is 114 Å². The van der Waals surface area contributed by atoms with E-state index in [-0.39, 0.29) is 10.8 Å². The number of rotatable bonds is 2. The first kappa shape index (κ1) is 29.1. The molecule has 0 spiro atoms. The van der Waals surface area contributed by atoms with Crippen molar-refractivity contribution >= 4 is 42.9 Å². The van der Waals surface area contributed by atoms with E-state index >= 15 is 0 Å². The summed E-state index contributed by atoms with van der Waals surface area (Å²) in [5.41, 5.74) is 16.1. The van der Waals surface area contributed by atoms with Gasteiger partial charge in [0.05, 0.1) is 11.4 Å². The van der Waals surface area contributed by atoms with Crippen LogP contribution in [0.1, 0.15) is 63.8 Å². The van der Waals surface area contributed by atoms with Crippen LogP contribution in [0.2, 0.25) is 0 Å². The molecule has 5 aromatic carbocycles. The van der Waals surface area contributed by atoms with E-state index in [0.717, 1.165) is 42.5 Å². The zero-order valence-corrected chi connectivity index (χ0v) is 29.1. The molecule has 0 radical (unpaired) electrons. The number of halogens is 2. The maximum atomic E-state index is 5.33. The molecule has 0 N–H and O–H groups in total. The summed E-state index contributed by atoms with van der Waals surface area (Å²) in [6.07, 6.45) is 0. The molecule has 6 aromatic rings. The Morgan fingerprint density at radius 1 is 0.455 bits per heavy atom. The Morgan fingerprint density at radius 3 is 1.23 bits per heavy atom. The van der Waals surface area contributed by atoms with Gasteiger partial charge in [0.25, 0.3) is 0 Å². The Bertz CT molecular complexity index is 1970. The Labute approximate surface area is 276 Å². The summed E-state index contributed by atoms with van der Waals surface area (Å²) < 4.78 is 1.86. The van der Waals surface area contributed by atoms with E-state index in [1.807, 2.05) is 26.0 Å². The second-order valence-electron chi connectivity index (χ2n) is 12.5. The molecule has 0 amide bonds. The van der Waals surface area contributed by atoms with Crippen molar-refractivity contribution in [1.29, 1.82) is 0 Å². The van der Waals surface area contributed by atoms with E-state index in [2.05, 4.69) is 144 Å². The van der Waals surface area contributed by atoms with Gasteiger partial charge in [0.2, 0.25) is 0 Å². The van der Waals surface area contributed by atoms with Crippen LogP contribution in [-0.4, -0.2) is 9.97 Å². The third-order valence-corrected chi connectivity index (χ3v) is 10.7. The predicted molar refractivity (Wildman–Crippen MR) is 192 cm³/mol. The lowest BCUT2D eigenvalue weighted by Crippen LogP contribution is -2.15. The summed E-state index contributed by atoms with van der Waals surface area (Å²) in [6.45, 7) is 13.3. The standard InChI is InChI=1S/C38H28Br2N2.C2H6/c1-37(2)27-11-7-5-9-23(27)25-15-13-21(19-29(25)37)33-34(42-36-32(40)18-17-31(39)35(36)41-33)22-14-16-26-24-10-6-8-12-28(24)38(3,4)30(26)20-22;1-2/h5-20H,1-4H3;1-2H3. The van der Waals surface area contributed by atoms with E-state index in [1.54, 1.807) is 0 Å². The van der Waals surface area contributed by atoms with Crippen LogP contribution in [0.5, 0.6) is 0 Å². The lowest BCUT2D eigenvalue weighted by Gasteiger charge is -2.23. The first-order chi connectivity index (χ1) is 21.2. The van der Waals surface area contributed by atoms with Crippen LogP contribution in [0.3, 0.4) is 0 Å².